The molecule has 0 fully saturated rings. The highest BCUT2D eigenvalue weighted by Crippen LogP contribution is 2.16. The fraction of sp³-hybridized carbons (Fsp3) is 0.714. The third-order valence-electron chi connectivity index (χ3n) is 0.853. The molecule has 0 aliphatic heterocycles. The summed E-state index contributed by atoms with van der Waals surface area (Å²) in [6.07, 6.45) is -0.306. The van der Waals surface area contributed by atoms with E-state index in [-0.39, 0.29) is 6.29 Å². The van der Waals surface area contributed by atoms with Crippen molar-refractivity contribution < 1.29 is 14.6 Å². The quantitative estimate of drug-likeness (QED) is 0.568. The van der Waals surface area contributed by atoms with Crippen molar-refractivity contribution in [2.75, 3.05) is 0 Å². The van der Waals surface area contributed by atoms with Crippen LogP contribution in [0.4, 0.5) is 0 Å². The van der Waals surface area contributed by atoms with E-state index in [0.717, 1.165) is 0 Å². The van der Waals surface area contributed by atoms with Crippen LogP contribution in [-0.2, 0) is 9.53 Å². The molecule has 0 aromatic carbocycles. The first-order valence-corrected chi connectivity index (χ1v) is 3.09. The zero-order valence-corrected chi connectivity index (χ0v) is 6.76. The molecule has 0 heterocycles. The Morgan fingerprint density at radius 2 is 1.80 bits per heavy atom. The van der Waals surface area contributed by atoms with Crippen molar-refractivity contribution in [1.82, 2.24) is 0 Å². The molecule has 0 rings (SSSR count). The summed E-state index contributed by atoms with van der Waals surface area (Å²) >= 11 is 0. The van der Waals surface area contributed by atoms with Gasteiger partial charge in [0, 0.05) is 6.92 Å². The van der Waals surface area contributed by atoms with E-state index in [0.29, 0.717) is 0 Å². The summed E-state index contributed by atoms with van der Waals surface area (Å²) in [4.78, 5) is 10.9. The van der Waals surface area contributed by atoms with E-state index < -0.39 is 11.4 Å². The first kappa shape index (κ1) is 9.43. The topological polar surface area (TPSA) is 46.5 Å². The van der Waals surface area contributed by atoms with Crippen LogP contribution in [0.25, 0.3) is 0 Å². The molecular weight excluding hydrogens is 132 g/mol. The second-order valence-corrected chi connectivity index (χ2v) is 3.16. The number of ether oxygens (including phenoxy) is 1. The van der Waals surface area contributed by atoms with E-state index in [4.69, 9.17) is 5.11 Å². The molecule has 59 valence electrons. The molecular formula is C7H13O3. The van der Waals surface area contributed by atoms with Gasteiger partial charge in [0.2, 0.25) is 0 Å². The number of carbonyl (C=O) groups excluding carboxylic acids is 1. The van der Waals surface area contributed by atoms with Crippen LogP contribution >= 0.6 is 0 Å². The van der Waals surface area contributed by atoms with Crippen LogP contribution in [0, 0.1) is 11.7 Å². The second kappa shape index (κ2) is 3.01. The van der Waals surface area contributed by atoms with Crippen LogP contribution in [0.15, 0.2) is 0 Å². The molecule has 0 spiro atoms. The number of rotatable bonds is 1. The third-order valence-corrected chi connectivity index (χ3v) is 0.853. The van der Waals surface area contributed by atoms with Crippen LogP contribution in [0.2, 0.25) is 0 Å². The normalized spacial score (nSPS) is 11.8. The first-order chi connectivity index (χ1) is 4.34. The molecule has 0 unspecified atom stereocenters. The zero-order chi connectivity index (χ0) is 8.36. The minimum absolute atomic E-state index is 0.306. The molecule has 0 bridgehead atoms. The fourth-order valence-electron chi connectivity index (χ4n) is 0.287. The van der Waals surface area contributed by atoms with Crippen molar-refractivity contribution in [2.45, 2.75) is 27.7 Å². The minimum Gasteiger partial charge on any atom is -0.426 e. The van der Waals surface area contributed by atoms with Gasteiger partial charge in [0.05, 0.1) is 5.41 Å². The summed E-state index contributed by atoms with van der Waals surface area (Å²) in [5, 5.41) is 8.56. The lowest BCUT2D eigenvalue weighted by atomic mass is 9.97. The summed E-state index contributed by atoms with van der Waals surface area (Å²) in [6.45, 7) is 6.48. The monoisotopic (exact) mass is 145 g/mol. The summed E-state index contributed by atoms with van der Waals surface area (Å²) in [5.74, 6) is -0.424. The second-order valence-electron chi connectivity index (χ2n) is 3.16. The van der Waals surface area contributed by atoms with Gasteiger partial charge in [0.15, 0.2) is 0 Å². The van der Waals surface area contributed by atoms with Crippen LogP contribution in [-0.4, -0.2) is 11.1 Å². The molecule has 0 aromatic heterocycles. The average Bonchev–Trinajstić information content (AvgIpc) is 1.60. The molecule has 3 heteroatoms. The van der Waals surface area contributed by atoms with Crippen LogP contribution in [0.5, 0.6) is 0 Å². The van der Waals surface area contributed by atoms with Crippen molar-refractivity contribution in [2.24, 2.45) is 5.41 Å². The molecule has 1 N–H and O–H groups in total. The average molecular weight is 145 g/mol. The van der Waals surface area contributed by atoms with Crippen molar-refractivity contribution in [3.63, 3.8) is 0 Å². The van der Waals surface area contributed by atoms with Gasteiger partial charge in [-0.05, 0) is 20.8 Å². The number of aliphatic hydroxyl groups is 1. The van der Waals surface area contributed by atoms with Gasteiger partial charge in [-0.3, -0.25) is 4.79 Å². The zero-order valence-electron chi connectivity index (χ0n) is 6.76. The van der Waals surface area contributed by atoms with Gasteiger partial charge in [0.25, 0.3) is 6.29 Å². The molecule has 0 aliphatic carbocycles. The maximum absolute atomic E-state index is 10.9. The third kappa shape index (κ3) is 3.45. The molecule has 0 atom stereocenters. The maximum atomic E-state index is 10.9. The maximum Gasteiger partial charge on any atom is 0.313 e. The molecule has 0 saturated carbocycles. The summed E-state index contributed by atoms with van der Waals surface area (Å²) in [6, 6.07) is 0. The first-order valence-electron chi connectivity index (χ1n) is 3.09. The Hall–Kier alpha value is -0.570. The minimum atomic E-state index is -0.552. The van der Waals surface area contributed by atoms with Gasteiger partial charge < -0.3 is 9.84 Å². The van der Waals surface area contributed by atoms with Gasteiger partial charge >= 0.3 is 5.97 Å². The molecule has 0 aliphatic rings. The Morgan fingerprint density at radius 1 is 1.40 bits per heavy atom. The van der Waals surface area contributed by atoms with Crippen molar-refractivity contribution in [1.29, 1.82) is 0 Å². The van der Waals surface area contributed by atoms with Crippen LogP contribution < -0.4 is 0 Å². The van der Waals surface area contributed by atoms with Gasteiger partial charge in [0.1, 0.15) is 0 Å². The molecule has 10 heavy (non-hydrogen) atoms. The summed E-state index contributed by atoms with van der Waals surface area (Å²) in [7, 11) is 0. The van der Waals surface area contributed by atoms with E-state index in [1.165, 1.54) is 6.92 Å². The summed E-state index contributed by atoms with van der Waals surface area (Å²) < 4.78 is 4.45. The Balaban J connectivity index is 3.87. The highest BCUT2D eigenvalue weighted by atomic mass is 16.6. The van der Waals surface area contributed by atoms with Gasteiger partial charge in [-0.25, -0.2) is 0 Å². The van der Waals surface area contributed by atoms with Crippen molar-refractivity contribution >= 4 is 5.97 Å². The number of hydrogen-bond acceptors (Lipinski definition) is 3. The SMILES string of the molecule is C[C](O)OC(=O)C(C)(C)C. The molecule has 1 radical (unpaired) electrons. The Kier molecular flexibility index (Phi) is 2.84. The molecule has 0 saturated heterocycles. The standard InChI is InChI=1S/C7H13O3/c1-5(8)10-6(9)7(2,3)4/h8H,1-4H3. The lowest BCUT2D eigenvalue weighted by Crippen LogP contribution is -2.23. The van der Waals surface area contributed by atoms with Crippen LogP contribution in [0.3, 0.4) is 0 Å². The number of carbonyl (C=O) groups is 1. The van der Waals surface area contributed by atoms with Gasteiger partial charge in [-0.2, -0.15) is 0 Å². The predicted octanol–water partition coefficient (Wildman–Crippen LogP) is 1.46. The number of esters is 1. The molecule has 0 amide bonds. The van der Waals surface area contributed by atoms with Gasteiger partial charge in [-0.15, -0.1) is 0 Å². The Morgan fingerprint density at radius 3 is 1.90 bits per heavy atom. The van der Waals surface area contributed by atoms with Crippen molar-refractivity contribution in [3.8, 4) is 0 Å². The molecule has 3 nitrogen and oxygen atoms in total. The smallest absolute Gasteiger partial charge is 0.313 e. The lowest BCUT2D eigenvalue weighted by Gasteiger charge is -2.16. The van der Waals surface area contributed by atoms with E-state index in [1.807, 2.05) is 0 Å². The largest absolute Gasteiger partial charge is 0.426 e. The van der Waals surface area contributed by atoms with E-state index in [9.17, 15) is 4.79 Å². The highest BCUT2D eigenvalue weighted by molar-refractivity contribution is 5.75. The molecule has 0 aromatic rings. The highest BCUT2D eigenvalue weighted by Gasteiger charge is 2.24. The Labute approximate surface area is 61.0 Å². The fourth-order valence-corrected chi connectivity index (χ4v) is 0.287. The van der Waals surface area contributed by atoms with Crippen molar-refractivity contribution in [3.05, 3.63) is 6.29 Å². The number of hydrogen-bond donors (Lipinski definition) is 1. The van der Waals surface area contributed by atoms with Gasteiger partial charge in [-0.1, -0.05) is 0 Å². The summed E-state index contributed by atoms with van der Waals surface area (Å²) in [5.41, 5.74) is -0.552. The van der Waals surface area contributed by atoms with E-state index in [2.05, 4.69) is 4.74 Å². The number of aliphatic hydroxyl groups excluding tert-OH is 1. The van der Waals surface area contributed by atoms with E-state index in [1.54, 1.807) is 20.8 Å². The lowest BCUT2D eigenvalue weighted by molar-refractivity contribution is -0.158. The van der Waals surface area contributed by atoms with E-state index >= 15 is 0 Å². The Bertz CT molecular complexity index is 121. The predicted molar refractivity (Wildman–Crippen MR) is 36.4 cm³/mol. The van der Waals surface area contributed by atoms with Crippen LogP contribution in [0.1, 0.15) is 27.7 Å².